The molecule has 7 heteroatoms. The molecule has 0 saturated carbocycles. The molecule has 0 bridgehead atoms. The number of nitro benzene ring substituents is 1. The standard InChI is InChI=1S/C18H17NO6/c1-23-14-6-9-17(24-2)13(10-14)4-7-16(20)12-5-8-18(25-3)15(11-12)19(21)22/h4-11H,1-3H3/b7-4+. The number of nitro groups is 1. The van der Waals surface area contributed by atoms with Gasteiger partial charge in [0.1, 0.15) is 11.5 Å². The molecule has 25 heavy (non-hydrogen) atoms. The zero-order valence-electron chi connectivity index (χ0n) is 14.0. The van der Waals surface area contributed by atoms with E-state index in [9.17, 15) is 14.9 Å². The van der Waals surface area contributed by atoms with Crippen LogP contribution < -0.4 is 14.2 Å². The quantitative estimate of drug-likeness (QED) is 0.331. The van der Waals surface area contributed by atoms with Gasteiger partial charge in [0.15, 0.2) is 11.5 Å². The Morgan fingerprint density at radius 3 is 2.28 bits per heavy atom. The van der Waals surface area contributed by atoms with Gasteiger partial charge in [0.05, 0.1) is 26.3 Å². The first kappa shape index (κ1) is 18.0. The van der Waals surface area contributed by atoms with Crippen LogP contribution in [0.3, 0.4) is 0 Å². The molecule has 0 heterocycles. The first-order chi connectivity index (χ1) is 12.0. The van der Waals surface area contributed by atoms with Crippen LogP contribution in [0.5, 0.6) is 17.2 Å². The summed E-state index contributed by atoms with van der Waals surface area (Å²) in [4.78, 5) is 22.8. The number of methoxy groups -OCH3 is 3. The zero-order valence-corrected chi connectivity index (χ0v) is 14.0. The molecule has 0 saturated heterocycles. The van der Waals surface area contributed by atoms with Crippen molar-refractivity contribution in [3.8, 4) is 17.2 Å². The minimum absolute atomic E-state index is 0.0972. The second kappa shape index (κ2) is 7.96. The van der Waals surface area contributed by atoms with Gasteiger partial charge in [-0.1, -0.05) is 0 Å². The van der Waals surface area contributed by atoms with Gasteiger partial charge in [-0.25, -0.2) is 0 Å². The zero-order chi connectivity index (χ0) is 18.4. The number of carbonyl (C=O) groups is 1. The highest BCUT2D eigenvalue weighted by molar-refractivity contribution is 6.07. The predicted octanol–water partition coefficient (Wildman–Crippen LogP) is 3.52. The van der Waals surface area contributed by atoms with Gasteiger partial charge < -0.3 is 14.2 Å². The first-order valence-corrected chi connectivity index (χ1v) is 7.27. The van der Waals surface area contributed by atoms with Gasteiger partial charge in [-0.2, -0.15) is 0 Å². The van der Waals surface area contributed by atoms with Gasteiger partial charge >= 0.3 is 5.69 Å². The fraction of sp³-hybridized carbons (Fsp3) is 0.167. The van der Waals surface area contributed by atoms with E-state index < -0.39 is 4.92 Å². The van der Waals surface area contributed by atoms with Crippen molar-refractivity contribution in [1.82, 2.24) is 0 Å². The summed E-state index contributed by atoms with van der Waals surface area (Å²) in [6.07, 6.45) is 2.89. The fourth-order valence-electron chi connectivity index (χ4n) is 2.22. The molecular weight excluding hydrogens is 326 g/mol. The highest BCUT2D eigenvalue weighted by atomic mass is 16.6. The van der Waals surface area contributed by atoms with Crippen molar-refractivity contribution in [3.63, 3.8) is 0 Å². The van der Waals surface area contributed by atoms with Gasteiger partial charge in [-0.15, -0.1) is 0 Å². The van der Waals surface area contributed by atoms with Gasteiger partial charge in [0.2, 0.25) is 0 Å². The molecule has 0 atom stereocenters. The molecule has 0 radical (unpaired) electrons. The van der Waals surface area contributed by atoms with Crippen molar-refractivity contribution in [2.45, 2.75) is 0 Å². The van der Waals surface area contributed by atoms with Crippen molar-refractivity contribution in [1.29, 1.82) is 0 Å². The Morgan fingerprint density at radius 1 is 1.00 bits per heavy atom. The van der Waals surface area contributed by atoms with Crippen LogP contribution in [0, 0.1) is 10.1 Å². The van der Waals surface area contributed by atoms with Gasteiger partial charge in [-0.05, 0) is 42.5 Å². The van der Waals surface area contributed by atoms with Crippen LogP contribution in [0.1, 0.15) is 15.9 Å². The van der Waals surface area contributed by atoms with Crippen molar-refractivity contribution in [2.24, 2.45) is 0 Å². The Bertz CT molecular complexity index is 828. The van der Waals surface area contributed by atoms with E-state index in [1.807, 2.05) is 0 Å². The summed E-state index contributed by atoms with van der Waals surface area (Å²) >= 11 is 0. The molecule has 2 aromatic carbocycles. The molecule has 0 aliphatic carbocycles. The molecular formula is C18H17NO6. The lowest BCUT2D eigenvalue weighted by molar-refractivity contribution is -0.385. The predicted molar refractivity (Wildman–Crippen MR) is 92.6 cm³/mol. The van der Waals surface area contributed by atoms with Crippen LogP contribution in [0.25, 0.3) is 6.08 Å². The maximum Gasteiger partial charge on any atom is 0.311 e. The summed E-state index contributed by atoms with van der Waals surface area (Å²) < 4.78 is 15.3. The third kappa shape index (κ3) is 4.14. The lowest BCUT2D eigenvalue weighted by Gasteiger charge is -2.07. The molecule has 0 N–H and O–H groups in total. The molecule has 2 rings (SSSR count). The van der Waals surface area contributed by atoms with Gasteiger partial charge in [0.25, 0.3) is 0 Å². The van der Waals surface area contributed by atoms with E-state index in [0.717, 1.165) is 0 Å². The smallest absolute Gasteiger partial charge is 0.311 e. The highest BCUT2D eigenvalue weighted by Crippen LogP contribution is 2.28. The molecule has 0 amide bonds. The second-order valence-electron chi connectivity index (χ2n) is 4.95. The molecule has 0 aliphatic rings. The molecule has 0 aliphatic heterocycles. The molecule has 0 aromatic heterocycles. The van der Waals surface area contributed by atoms with Crippen LogP contribution >= 0.6 is 0 Å². The number of rotatable bonds is 7. The summed E-state index contributed by atoms with van der Waals surface area (Å²) in [6, 6.07) is 9.24. The number of hydrogen-bond acceptors (Lipinski definition) is 6. The molecule has 7 nitrogen and oxygen atoms in total. The summed E-state index contributed by atoms with van der Waals surface area (Å²) in [5.74, 6) is 0.911. The summed E-state index contributed by atoms with van der Waals surface area (Å²) in [7, 11) is 4.39. The maximum absolute atomic E-state index is 12.3. The average molecular weight is 343 g/mol. The molecule has 0 unspecified atom stereocenters. The Labute approximate surface area is 144 Å². The second-order valence-corrected chi connectivity index (χ2v) is 4.95. The fourth-order valence-corrected chi connectivity index (χ4v) is 2.22. The van der Waals surface area contributed by atoms with Crippen LogP contribution in [0.15, 0.2) is 42.5 Å². The van der Waals surface area contributed by atoms with Crippen molar-refractivity contribution < 1.29 is 23.9 Å². The van der Waals surface area contributed by atoms with E-state index in [-0.39, 0.29) is 22.8 Å². The third-order valence-electron chi connectivity index (χ3n) is 3.51. The number of ketones is 1. The summed E-state index contributed by atoms with van der Waals surface area (Å²) in [6.45, 7) is 0. The van der Waals surface area contributed by atoms with Crippen LogP contribution in [0.2, 0.25) is 0 Å². The van der Waals surface area contributed by atoms with E-state index in [4.69, 9.17) is 14.2 Å². The normalized spacial score (nSPS) is 10.5. The van der Waals surface area contributed by atoms with E-state index in [1.54, 1.807) is 24.3 Å². The third-order valence-corrected chi connectivity index (χ3v) is 3.51. The number of nitrogens with zero attached hydrogens (tertiary/aromatic N) is 1. The lowest BCUT2D eigenvalue weighted by Crippen LogP contribution is -1.99. The van der Waals surface area contributed by atoms with Crippen LogP contribution in [-0.4, -0.2) is 32.0 Å². The highest BCUT2D eigenvalue weighted by Gasteiger charge is 2.17. The minimum Gasteiger partial charge on any atom is -0.497 e. The number of benzene rings is 2. The maximum atomic E-state index is 12.3. The van der Waals surface area contributed by atoms with Gasteiger partial charge in [0, 0.05) is 17.2 Å². The van der Waals surface area contributed by atoms with E-state index in [2.05, 4.69) is 0 Å². The Morgan fingerprint density at radius 2 is 1.68 bits per heavy atom. The molecule has 130 valence electrons. The first-order valence-electron chi connectivity index (χ1n) is 7.27. The van der Waals surface area contributed by atoms with Crippen molar-refractivity contribution in [2.75, 3.05) is 21.3 Å². The molecule has 0 fully saturated rings. The Hall–Kier alpha value is -3.35. The van der Waals surface area contributed by atoms with E-state index in [0.29, 0.717) is 17.1 Å². The van der Waals surface area contributed by atoms with Crippen LogP contribution in [-0.2, 0) is 0 Å². The largest absolute Gasteiger partial charge is 0.497 e. The number of hydrogen-bond donors (Lipinski definition) is 0. The van der Waals surface area contributed by atoms with Crippen LogP contribution in [0.4, 0.5) is 5.69 Å². The van der Waals surface area contributed by atoms with E-state index in [1.165, 1.54) is 45.6 Å². The minimum atomic E-state index is -0.593. The van der Waals surface area contributed by atoms with Gasteiger partial charge in [-0.3, -0.25) is 14.9 Å². The number of carbonyl (C=O) groups excluding carboxylic acids is 1. The molecule has 2 aromatic rings. The monoisotopic (exact) mass is 343 g/mol. The van der Waals surface area contributed by atoms with E-state index >= 15 is 0 Å². The summed E-state index contributed by atoms with van der Waals surface area (Å²) in [5, 5.41) is 11.1. The average Bonchev–Trinajstić information content (AvgIpc) is 2.65. The summed E-state index contributed by atoms with van der Waals surface area (Å²) in [5.41, 5.74) is 0.574. The molecule has 0 spiro atoms. The lowest BCUT2D eigenvalue weighted by atomic mass is 10.1. The SMILES string of the molecule is COc1ccc(OC)c(/C=C/C(=O)c2ccc(OC)c([N+](=O)[O-])c2)c1. The Kier molecular flexibility index (Phi) is 5.73. The van der Waals surface area contributed by atoms with Crippen molar-refractivity contribution >= 4 is 17.5 Å². The topological polar surface area (TPSA) is 87.9 Å². The number of allylic oxidation sites excluding steroid dienone is 1. The van der Waals surface area contributed by atoms with Crippen molar-refractivity contribution in [3.05, 3.63) is 63.7 Å². The number of ether oxygens (including phenoxy) is 3. The Balaban J connectivity index is 2.32.